The number of anilines is 2. The zero-order valence-corrected chi connectivity index (χ0v) is 28.3. The molecule has 3 aliphatic rings. The van der Waals surface area contributed by atoms with Crippen molar-refractivity contribution < 1.29 is 29.0 Å². The van der Waals surface area contributed by atoms with Crippen molar-refractivity contribution in [2.75, 3.05) is 49.2 Å². The summed E-state index contributed by atoms with van der Waals surface area (Å²) < 4.78 is 12.7. The Labute approximate surface area is 275 Å². The number of amides is 2. The lowest BCUT2D eigenvalue weighted by molar-refractivity contribution is -0.161. The summed E-state index contributed by atoms with van der Waals surface area (Å²) in [5.41, 5.74) is -0.141. The topological polar surface area (TPSA) is 99.6 Å². The number of aliphatic hydroxyl groups excluding tert-OH is 1. The van der Waals surface area contributed by atoms with Crippen molar-refractivity contribution in [3.8, 4) is 0 Å². The number of hydrogen-bond donors (Lipinski definition) is 1. The SMILES string of the molecule is C=CCCCCOC(=O)[C@H]1[C@H]2C(=O)N(CCCCCCO)C(C(=O)N(CC=C)c3ccc(N(CC)CC)cc3)C23CC[C@]1(CC)O3. The number of likely N-dealkylation sites (tertiary alicyclic amines) is 1. The predicted molar refractivity (Wildman–Crippen MR) is 182 cm³/mol. The average molecular weight is 638 g/mol. The average Bonchev–Trinajstić information content (AvgIpc) is 3.67. The van der Waals surface area contributed by atoms with E-state index in [1.807, 2.05) is 37.3 Å². The van der Waals surface area contributed by atoms with Crippen LogP contribution in [0.3, 0.4) is 0 Å². The lowest BCUT2D eigenvalue weighted by atomic mass is 9.65. The van der Waals surface area contributed by atoms with Crippen LogP contribution in [0.4, 0.5) is 11.4 Å². The van der Waals surface area contributed by atoms with Crippen LogP contribution >= 0.6 is 0 Å². The van der Waals surface area contributed by atoms with E-state index in [9.17, 15) is 19.5 Å². The third-order valence-corrected chi connectivity index (χ3v) is 10.4. The summed E-state index contributed by atoms with van der Waals surface area (Å²) in [4.78, 5) is 48.8. The molecule has 0 aliphatic carbocycles. The maximum Gasteiger partial charge on any atom is 0.312 e. The van der Waals surface area contributed by atoms with Crippen molar-refractivity contribution in [2.24, 2.45) is 11.8 Å². The summed E-state index contributed by atoms with van der Waals surface area (Å²) in [6.07, 6.45) is 10.7. The second kappa shape index (κ2) is 16.1. The molecule has 1 N–H and O–H groups in total. The van der Waals surface area contributed by atoms with Gasteiger partial charge in [-0.05, 0) is 89.5 Å². The Morgan fingerprint density at radius 3 is 2.33 bits per heavy atom. The number of esters is 1. The molecule has 0 aromatic heterocycles. The van der Waals surface area contributed by atoms with Crippen LogP contribution in [0.25, 0.3) is 0 Å². The molecule has 3 aliphatic heterocycles. The van der Waals surface area contributed by atoms with Crippen molar-refractivity contribution in [3.63, 3.8) is 0 Å². The molecular weight excluding hydrogens is 582 g/mol. The van der Waals surface area contributed by atoms with E-state index in [4.69, 9.17) is 9.47 Å². The number of aliphatic hydroxyl groups is 1. The number of fused-ring (bicyclic) bond motifs is 1. The first-order chi connectivity index (χ1) is 22.3. The van der Waals surface area contributed by atoms with Crippen LogP contribution in [0.2, 0.25) is 0 Å². The first-order valence-electron chi connectivity index (χ1n) is 17.4. The van der Waals surface area contributed by atoms with E-state index < -0.39 is 35.0 Å². The standard InChI is InChI=1S/C37H55N3O6/c1-6-11-12-17-27-45-35(44)31-30-33(42)40(25-15-13-14-16-26-41)32(37(30)23-22-36(31,8-3)46-37)34(43)39(24-7-2)29-20-18-28(19-21-29)38(9-4)10-5/h6-7,18-21,30-32,41H,1-2,8-17,22-27H2,3-5H3/t30-,31+,32?,36-,37?/m0/s1. The van der Waals surface area contributed by atoms with Crippen molar-refractivity contribution in [1.29, 1.82) is 0 Å². The zero-order chi connectivity index (χ0) is 33.3. The van der Waals surface area contributed by atoms with Gasteiger partial charge in [-0.3, -0.25) is 14.4 Å². The second-order valence-corrected chi connectivity index (χ2v) is 12.9. The van der Waals surface area contributed by atoms with Gasteiger partial charge in [0.25, 0.3) is 5.91 Å². The minimum Gasteiger partial charge on any atom is -0.465 e. The van der Waals surface area contributed by atoms with E-state index in [1.54, 1.807) is 15.9 Å². The Bertz CT molecular complexity index is 1220. The van der Waals surface area contributed by atoms with E-state index >= 15 is 0 Å². The van der Waals surface area contributed by atoms with Gasteiger partial charge in [-0.25, -0.2) is 0 Å². The highest BCUT2D eigenvalue weighted by Crippen LogP contribution is 2.64. The summed E-state index contributed by atoms with van der Waals surface area (Å²) in [6, 6.07) is 7.08. The lowest BCUT2D eigenvalue weighted by Crippen LogP contribution is -2.56. The first kappa shape index (κ1) is 35.7. The fraction of sp³-hybridized carbons (Fsp3) is 0.649. The van der Waals surface area contributed by atoms with Crippen LogP contribution in [0.15, 0.2) is 49.6 Å². The Hall–Kier alpha value is -3.17. The van der Waals surface area contributed by atoms with Crippen LogP contribution in [0.1, 0.15) is 85.0 Å². The van der Waals surface area contributed by atoms with Crippen LogP contribution in [-0.4, -0.2) is 84.4 Å². The molecule has 9 nitrogen and oxygen atoms in total. The number of rotatable bonds is 20. The zero-order valence-electron chi connectivity index (χ0n) is 28.3. The Morgan fingerprint density at radius 2 is 1.70 bits per heavy atom. The first-order valence-corrected chi connectivity index (χ1v) is 17.4. The molecule has 254 valence electrons. The predicted octanol–water partition coefficient (Wildman–Crippen LogP) is 5.66. The number of allylic oxidation sites excluding steroid dienone is 1. The lowest BCUT2D eigenvalue weighted by Gasteiger charge is -2.37. The molecule has 3 heterocycles. The van der Waals surface area contributed by atoms with Crippen molar-refractivity contribution in [2.45, 2.75) is 102 Å². The van der Waals surface area contributed by atoms with Crippen molar-refractivity contribution in [3.05, 3.63) is 49.6 Å². The molecule has 4 rings (SSSR count). The summed E-state index contributed by atoms with van der Waals surface area (Å²) in [6.45, 7) is 16.7. The highest BCUT2D eigenvalue weighted by molar-refractivity contribution is 6.05. The van der Waals surface area contributed by atoms with Gasteiger partial charge in [-0.2, -0.15) is 0 Å². The summed E-state index contributed by atoms with van der Waals surface area (Å²) >= 11 is 0. The molecule has 3 saturated heterocycles. The van der Waals surface area contributed by atoms with Gasteiger partial charge in [0.1, 0.15) is 17.6 Å². The fourth-order valence-corrected chi connectivity index (χ4v) is 8.03. The van der Waals surface area contributed by atoms with Crippen molar-refractivity contribution in [1.82, 2.24) is 4.90 Å². The van der Waals surface area contributed by atoms with Gasteiger partial charge in [0.05, 0.1) is 18.1 Å². The smallest absolute Gasteiger partial charge is 0.312 e. The molecule has 0 saturated carbocycles. The van der Waals surface area contributed by atoms with Crippen molar-refractivity contribution >= 4 is 29.2 Å². The highest BCUT2D eigenvalue weighted by atomic mass is 16.6. The van der Waals surface area contributed by atoms with E-state index in [-0.39, 0.29) is 31.6 Å². The number of nitrogens with zero attached hydrogens (tertiary/aromatic N) is 3. The Kier molecular flexibility index (Phi) is 12.5. The normalized spacial score (nSPS) is 26.2. The third kappa shape index (κ3) is 6.77. The van der Waals surface area contributed by atoms with Gasteiger partial charge >= 0.3 is 5.97 Å². The maximum atomic E-state index is 14.9. The van der Waals surface area contributed by atoms with Gasteiger partial charge in [0.15, 0.2) is 0 Å². The van der Waals surface area contributed by atoms with Crippen LogP contribution in [0.5, 0.6) is 0 Å². The van der Waals surface area contributed by atoms with Gasteiger partial charge in [0.2, 0.25) is 5.91 Å². The van der Waals surface area contributed by atoms with E-state index in [2.05, 4.69) is 31.9 Å². The number of ether oxygens (including phenoxy) is 2. The van der Waals surface area contributed by atoms with E-state index in [0.29, 0.717) is 38.6 Å². The number of benzene rings is 1. The number of carbonyl (C=O) groups is 3. The molecule has 9 heteroatoms. The molecule has 2 amide bonds. The quantitative estimate of drug-likeness (QED) is 0.112. The van der Waals surface area contributed by atoms with Gasteiger partial charge in [-0.1, -0.05) is 31.9 Å². The van der Waals surface area contributed by atoms with E-state index in [0.717, 1.165) is 56.6 Å². The molecule has 1 spiro atoms. The minimum absolute atomic E-state index is 0.128. The second-order valence-electron chi connectivity index (χ2n) is 12.9. The fourth-order valence-electron chi connectivity index (χ4n) is 8.03. The van der Waals surface area contributed by atoms with E-state index in [1.165, 1.54) is 0 Å². The summed E-state index contributed by atoms with van der Waals surface area (Å²) in [5, 5.41) is 9.25. The highest BCUT2D eigenvalue weighted by Gasteiger charge is 2.79. The Balaban J connectivity index is 1.69. The maximum absolute atomic E-state index is 14.9. The molecule has 2 bridgehead atoms. The molecule has 3 fully saturated rings. The largest absolute Gasteiger partial charge is 0.465 e. The summed E-state index contributed by atoms with van der Waals surface area (Å²) in [7, 11) is 0. The molecule has 2 unspecified atom stereocenters. The molecule has 1 aromatic rings. The van der Waals surface area contributed by atoms with Gasteiger partial charge in [0, 0.05) is 44.2 Å². The molecular formula is C37H55N3O6. The molecule has 1 aromatic carbocycles. The van der Waals surface area contributed by atoms with Crippen LogP contribution in [0, 0.1) is 11.8 Å². The third-order valence-electron chi connectivity index (χ3n) is 10.4. The molecule has 0 radical (unpaired) electrons. The summed E-state index contributed by atoms with van der Waals surface area (Å²) in [5.74, 6) is -2.34. The van der Waals surface area contributed by atoms with Crippen LogP contribution in [-0.2, 0) is 23.9 Å². The molecule has 5 atom stereocenters. The number of carbonyl (C=O) groups excluding carboxylic acids is 3. The monoisotopic (exact) mass is 637 g/mol. The van der Waals surface area contributed by atoms with Crippen LogP contribution < -0.4 is 9.80 Å². The Morgan fingerprint density at radius 1 is 1.00 bits per heavy atom. The number of unbranched alkanes of at least 4 members (excludes halogenated alkanes) is 5. The van der Waals surface area contributed by atoms with Gasteiger partial charge in [-0.15, -0.1) is 13.2 Å². The number of hydrogen-bond acceptors (Lipinski definition) is 7. The van der Waals surface area contributed by atoms with Gasteiger partial charge < -0.3 is 29.3 Å². The molecule has 46 heavy (non-hydrogen) atoms. The minimum atomic E-state index is -1.11.